The van der Waals surface area contributed by atoms with Crippen LogP contribution in [0, 0.1) is 0 Å². The average Bonchev–Trinajstić information content (AvgIpc) is 2.22. The summed E-state index contributed by atoms with van der Waals surface area (Å²) in [5, 5.41) is 0. The number of aromatic amines is 1. The van der Waals surface area contributed by atoms with E-state index in [0.717, 1.165) is 10.0 Å². The first-order chi connectivity index (χ1) is 7.16. The van der Waals surface area contributed by atoms with E-state index >= 15 is 0 Å². The summed E-state index contributed by atoms with van der Waals surface area (Å²) in [6, 6.07) is 7.52. The van der Waals surface area contributed by atoms with Gasteiger partial charge >= 0.3 is 5.69 Å². The van der Waals surface area contributed by atoms with Gasteiger partial charge in [0.1, 0.15) is 0 Å². The fourth-order valence-corrected chi connectivity index (χ4v) is 1.69. The predicted molar refractivity (Wildman–Crippen MR) is 62.4 cm³/mol. The Morgan fingerprint density at radius 2 is 2.20 bits per heavy atom. The molecule has 0 aliphatic carbocycles. The molecule has 3 N–H and O–H groups in total. The fourth-order valence-electron chi connectivity index (χ4n) is 1.29. The minimum absolute atomic E-state index is 0.404. The molecular formula is C10H8BrN3O. The summed E-state index contributed by atoms with van der Waals surface area (Å²) in [6.45, 7) is 0. The quantitative estimate of drug-likeness (QED) is 0.826. The lowest BCUT2D eigenvalue weighted by Gasteiger charge is -2.04. The van der Waals surface area contributed by atoms with E-state index in [-0.39, 0.29) is 0 Å². The van der Waals surface area contributed by atoms with Crippen LogP contribution in [0.4, 0.5) is 5.69 Å². The van der Waals surface area contributed by atoms with E-state index in [9.17, 15) is 4.79 Å². The summed E-state index contributed by atoms with van der Waals surface area (Å²) < 4.78 is 0.928. The molecule has 0 radical (unpaired) electrons. The van der Waals surface area contributed by atoms with Crippen LogP contribution in [0.3, 0.4) is 0 Å². The second-order valence-electron chi connectivity index (χ2n) is 3.03. The maximum Gasteiger partial charge on any atom is 0.345 e. The number of hydrogen-bond donors (Lipinski definition) is 2. The third-order valence-corrected chi connectivity index (χ3v) is 2.45. The Bertz CT molecular complexity index is 550. The number of H-pyrrole nitrogens is 1. The second-order valence-corrected chi connectivity index (χ2v) is 3.94. The zero-order valence-corrected chi connectivity index (χ0v) is 9.28. The Morgan fingerprint density at radius 1 is 1.40 bits per heavy atom. The molecule has 0 unspecified atom stereocenters. The minimum Gasteiger partial charge on any atom is -0.396 e. The van der Waals surface area contributed by atoms with E-state index in [1.807, 2.05) is 24.3 Å². The van der Waals surface area contributed by atoms with E-state index < -0.39 is 5.69 Å². The molecule has 0 bridgehead atoms. The number of rotatable bonds is 1. The predicted octanol–water partition coefficient (Wildman–Crippen LogP) is 1.78. The highest BCUT2D eigenvalue weighted by molar-refractivity contribution is 9.10. The molecule has 0 saturated heterocycles. The number of hydrogen-bond acceptors (Lipinski definition) is 3. The van der Waals surface area contributed by atoms with Gasteiger partial charge in [0.15, 0.2) is 0 Å². The van der Waals surface area contributed by atoms with Crippen LogP contribution in [-0.4, -0.2) is 9.97 Å². The fraction of sp³-hybridized carbons (Fsp3) is 0. The molecule has 2 rings (SSSR count). The van der Waals surface area contributed by atoms with E-state index in [1.54, 1.807) is 0 Å². The van der Waals surface area contributed by atoms with Crippen molar-refractivity contribution in [3.05, 3.63) is 45.4 Å². The van der Waals surface area contributed by atoms with Gasteiger partial charge in [0.05, 0.1) is 17.6 Å². The lowest BCUT2D eigenvalue weighted by molar-refractivity contribution is 1.08. The maximum absolute atomic E-state index is 11.1. The zero-order chi connectivity index (χ0) is 10.8. The molecule has 0 fully saturated rings. The molecule has 4 nitrogen and oxygen atoms in total. The molecule has 76 valence electrons. The van der Waals surface area contributed by atoms with Crippen molar-refractivity contribution in [1.82, 2.24) is 9.97 Å². The van der Waals surface area contributed by atoms with Crippen molar-refractivity contribution in [1.29, 1.82) is 0 Å². The number of nitrogen functional groups attached to an aromatic ring is 1. The molecular weight excluding hydrogens is 258 g/mol. The Morgan fingerprint density at radius 3 is 2.93 bits per heavy atom. The standard InChI is InChI=1S/C10H8BrN3O/c11-7-3-1-2-6(4-7)9-8(12)5-13-10(15)14-9/h1-5H,12H2,(H,13,14,15). The van der Waals surface area contributed by atoms with Crippen LogP contribution in [0.2, 0.25) is 0 Å². The zero-order valence-electron chi connectivity index (χ0n) is 7.70. The normalized spacial score (nSPS) is 10.2. The Kier molecular flexibility index (Phi) is 2.55. The number of nitrogens with two attached hydrogens (primary N) is 1. The third kappa shape index (κ3) is 2.07. The Labute approximate surface area is 94.3 Å². The van der Waals surface area contributed by atoms with Crippen molar-refractivity contribution in [2.75, 3.05) is 5.73 Å². The van der Waals surface area contributed by atoms with Gasteiger partial charge in [-0.1, -0.05) is 28.1 Å². The summed E-state index contributed by atoms with van der Waals surface area (Å²) in [4.78, 5) is 17.2. The van der Waals surface area contributed by atoms with E-state index in [4.69, 9.17) is 5.73 Å². The van der Waals surface area contributed by atoms with Crippen LogP contribution in [0.5, 0.6) is 0 Å². The van der Waals surface area contributed by atoms with Gasteiger partial charge in [-0.3, -0.25) is 0 Å². The third-order valence-electron chi connectivity index (χ3n) is 1.95. The Balaban J connectivity index is 2.63. The summed E-state index contributed by atoms with van der Waals surface area (Å²) in [6.07, 6.45) is 1.36. The van der Waals surface area contributed by atoms with Gasteiger partial charge in [-0.05, 0) is 12.1 Å². The monoisotopic (exact) mass is 265 g/mol. The van der Waals surface area contributed by atoms with Gasteiger partial charge in [-0.25, -0.2) is 4.79 Å². The molecule has 0 amide bonds. The summed E-state index contributed by atoms with van der Waals surface area (Å²) in [7, 11) is 0. The second kappa shape index (κ2) is 3.86. The van der Waals surface area contributed by atoms with Gasteiger partial charge in [-0.15, -0.1) is 0 Å². The molecule has 0 aliphatic heterocycles. The number of halogens is 1. The van der Waals surface area contributed by atoms with Gasteiger partial charge in [0.25, 0.3) is 0 Å². The van der Waals surface area contributed by atoms with Crippen molar-refractivity contribution < 1.29 is 0 Å². The summed E-state index contributed by atoms with van der Waals surface area (Å²) >= 11 is 3.35. The van der Waals surface area contributed by atoms with Crippen LogP contribution in [0.15, 0.2) is 39.7 Å². The maximum atomic E-state index is 11.1. The van der Waals surface area contributed by atoms with Crippen molar-refractivity contribution in [2.24, 2.45) is 0 Å². The van der Waals surface area contributed by atoms with Crippen LogP contribution < -0.4 is 11.4 Å². The van der Waals surface area contributed by atoms with Crippen LogP contribution in [0.25, 0.3) is 11.3 Å². The van der Waals surface area contributed by atoms with Gasteiger partial charge in [0.2, 0.25) is 0 Å². The van der Waals surface area contributed by atoms with E-state index in [1.165, 1.54) is 6.20 Å². The molecule has 15 heavy (non-hydrogen) atoms. The lowest BCUT2D eigenvalue weighted by atomic mass is 10.1. The molecule has 2 aromatic rings. The van der Waals surface area contributed by atoms with Crippen molar-refractivity contribution in [2.45, 2.75) is 0 Å². The van der Waals surface area contributed by atoms with E-state index in [0.29, 0.717) is 11.4 Å². The molecule has 0 spiro atoms. The lowest BCUT2D eigenvalue weighted by Crippen LogP contribution is -2.12. The minimum atomic E-state index is -0.404. The molecule has 1 aromatic heterocycles. The molecule has 0 saturated carbocycles. The Hall–Kier alpha value is -1.62. The van der Waals surface area contributed by atoms with Crippen molar-refractivity contribution in [3.8, 4) is 11.3 Å². The summed E-state index contributed by atoms with van der Waals surface area (Å²) in [5.41, 5.74) is 7.21. The highest BCUT2D eigenvalue weighted by atomic mass is 79.9. The van der Waals surface area contributed by atoms with Gasteiger partial charge in [-0.2, -0.15) is 4.98 Å². The molecule has 0 aliphatic rings. The number of benzene rings is 1. The van der Waals surface area contributed by atoms with Crippen molar-refractivity contribution >= 4 is 21.6 Å². The SMILES string of the molecule is Nc1cnc(=O)[nH]c1-c1cccc(Br)c1. The smallest absolute Gasteiger partial charge is 0.345 e. The van der Waals surface area contributed by atoms with E-state index in [2.05, 4.69) is 25.9 Å². The first kappa shape index (κ1) is 9.92. The number of nitrogens with one attached hydrogen (secondary N) is 1. The van der Waals surface area contributed by atoms with Gasteiger partial charge < -0.3 is 10.7 Å². The molecule has 5 heteroatoms. The molecule has 0 atom stereocenters. The van der Waals surface area contributed by atoms with Crippen molar-refractivity contribution in [3.63, 3.8) is 0 Å². The number of aromatic nitrogens is 2. The highest BCUT2D eigenvalue weighted by Crippen LogP contribution is 2.24. The molecule has 1 aromatic carbocycles. The first-order valence-corrected chi connectivity index (χ1v) is 5.07. The number of nitrogens with zero attached hydrogens (tertiary/aromatic N) is 1. The molecule has 1 heterocycles. The number of anilines is 1. The van der Waals surface area contributed by atoms with Crippen LogP contribution in [-0.2, 0) is 0 Å². The highest BCUT2D eigenvalue weighted by Gasteiger charge is 2.04. The van der Waals surface area contributed by atoms with Crippen LogP contribution >= 0.6 is 15.9 Å². The first-order valence-electron chi connectivity index (χ1n) is 4.27. The largest absolute Gasteiger partial charge is 0.396 e. The van der Waals surface area contributed by atoms with Crippen LogP contribution in [0.1, 0.15) is 0 Å². The topological polar surface area (TPSA) is 71.8 Å². The summed E-state index contributed by atoms with van der Waals surface area (Å²) in [5.74, 6) is 0. The van der Waals surface area contributed by atoms with Gasteiger partial charge in [0, 0.05) is 10.0 Å². The average molecular weight is 266 g/mol.